The maximum Gasteiger partial charge on any atom is 0.221 e. The van der Waals surface area contributed by atoms with Gasteiger partial charge in [-0.25, -0.2) is 4.98 Å². The molecule has 0 aromatic carbocycles. The summed E-state index contributed by atoms with van der Waals surface area (Å²) < 4.78 is 0. The van der Waals surface area contributed by atoms with Gasteiger partial charge in [0.05, 0.1) is 5.69 Å². The summed E-state index contributed by atoms with van der Waals surface area (Å²) >= 11 is 0. The number of nitrogens with two attached hydrogens (primary N) is 2. The second-order valence-electron chi connectivity index (χ2n) is 3.30. The third-order valence-corrected chi connectivity index (χ3v) is 1.99. The Labute approximate surface area is 94.4 Å². The van der Waals surface area contributed by atoms with Crippen LogP contribution in [0.25, 0.3) is 0 Å². The standard InChI is InChI=1S/C10H17N5O/c1-2-13-9(16)5-6-14-8-4-3-7(11)10(12)15-8/h3-4H,2,5-6,11H2,1H3,(H,13,16)(H3,12,14,15). The zero-order chi connectivity index (χ0) is 12.0. The Hall–Kier alpha value is -1.98. The Balaban J connectivity index is 2.37. The number of nitrogens with zero attached hydrogens (tertiary/aromatic N) is 1. The molecule has 1 rings (SSSR count). The third kappa shape index (κ3) is 3.64. The highest BCUT2D eigenvalue weighted by Crippen LogP contribution is 2.14. The van der Waals surface area contributed by atoms with Gasteiger partial charge >= 0.3 is 0 Å². The minimum absolute atomic E-state index is 0.0124. The van der Waals surface area contributed by atoms with Crippen LogP contribution in [0.4, 0.5) is 17.3 Å². The molecule has 0 fully saturated rings. The van der Waals surface area contributed by atoms with Crippen LogP contribution in [0.15, 0.2) is 12.1 Å². The Morgan fingerprint density at radius 1 is 1.44 bits per heavy atom. The van der Waals surface area contributed by atoms with E-state index in [1.54, 1.807) is 12.1 Å². The number of amides is 1. The first-order valence-electron chi connectivity index (χ1n) is 5.16. The molecule has 0 aliphatic heterocycles. The maximum atomic E-state index is 11.1. The average Bonchev–Trinajstić information content (AvgIpc) is 2.24. The minimum atomic E-state index is 0.0124. The number of pyridine rings is 1. The Bertz CT molecular complexity index is 366. The quantitative estimate of drug-likeness (QED) is 0.570. The van der Waals surface area contributed by atoms with E-state index in [1.807, 2.05) is 6.92 Å². The van der Waals surface area contributed by atoms with Gasteiger partial charge in [0.2, 0.25) is 5.91 Å². The van der Waals surface area contributed by atoms with E-state index < -0.39 is 0 Å². The first kappa shape index (κ1) is 12.1. The number of nitrogens with one attached hydrogen (secondary N) is 2. The Morgan fingerprint density at radius 3 is 2.81 bits per heavy atom. The second kappa shape index (κ2) is 5.79. The van der Waals surface area contributed by atoms with Gasteiger partial charge in [0.25, 0.3) is 0 Å². The van der Waals surface area contributed by atoms with Crippen molar-refractivity contribution < 1.29 is 4.79 Å². The van der Waals surface area contributed by atoms with Gasteiger partial charge in [0, 0.05) is 19.5 Å². The first-order chi connectivity index (χ1) is 7.63. The molecule has 0 saturated heterocycles. The molecule has 0 atom stereocenters. The van der Waals surface area contributed by atoms with Gasteiger partial charge in [-0.15, -0.1) is 0 Å². The van der Waals surface area contributed by atoms with Crippen molar-refractivity contribution in [3.63, 3.8) is 0 Å². The molecule has 0 aliphatic carbocycles. The van der Waals surface area contributed by atoms with Gasteiger partial charge in [-0.2, -0.15) is 0 Å². The molecule has 6 nitrogen and oxygen atoms in total. The smallest absolute Gasteiger partial charge is 0.221 e. The summed E-state index contributed by atoms with van der Waals surface area (Å²) in [6, 6.07) is 3.40. The van der Waals surface area contributed by atoms with E-state index in [1.165, 1.54) is 0 Å². The molecule has 16 heavy (non-hydrogen) atoms. The van der Waals surface area contributed by atoms with Crippen molar-refractivity contribution in [1.29, 1.82) is 0 Å². The molecule has 1 aromatic rings. The molecule has 1 aromatic heterocycles. The molecule has 88 valence electrons. The molecular weight excluding hydrogens is 206 g/mol. The zero-order valence-electron chi connectivity index (χ0n) is 9.29. The summed E-state index contributed by atoms with van der Waals surface area (Å²) in [6.07, 6.45) is 0.403. The number of rotatable bonds is 5. The van der Waals surface area contributed by atoms with Crippen molar-refractivity contribution in [2.45, 2.75) is 13.3 Å². The summed E-state index contributed by atoms with van der Waals surface area (Å²) in [5.41, 5.74) is 11.5. The summed E-state index contributed by atoms with van der Waals surface area (Å²) in [5.74, 6) is 0.928. The number of hydrogen-bond donors (Lipinski definition) is 4. The van der Waals surface area contributed by atoms with Crippen LogP contribution in [0.2, 0.25) is 0 Å². The van der Waals surface area contributed by atoms with Crippen LogP contribution in [0, 0.1) is 0 Å². The molecule has 0 unspecified atom stereocenters. The minimum Gasteiger partial charge on any atom is -0.396 e. The summed E-state index contributed by atoms with van der Waals surface area (Å²) in [5, 5.41) is 5.70. The second-order valence-corrected chi connectivity index (χ2v) is 3.30. The first-order valence-corrected chi connectivity index (χ1v) is 5.16. The number of carbonyl (C=O) groups excluding carboxylic acids is 1. The van der Waals surface area contributed by atoms with E-state index in [2.05, 4.69) is 15.6 Å². The topological polar surface area (TPSA) is 106 Å². The fourth-order valence-electron chi connectivity index (χ4n) is 1.17. The van der Waals surface area contributed by atoms with E-state index in [4.69, 9.17) is 11.5 Å². The molecule has 0 aliphatic rings. The highest BCUT2D eigenvalue weighted by molar-refractivity contribution is 5.76. The van der Waals surface area contributed by atoms with Crippen LogP contribution in [-0.2, 0) is 4.79 Å². The van der Waals surface area contributed by atoms with Gasteiger partial charge in [-0.1, -0.05) is 0 Å². The van der Waals surface area contributed by atoms with Crippen molar-refractivity contribution in [3.05, 3.63) is 12.1 Å². The summed E-state index contributed by atoms with van der Waals surface area (Å²) in [6.45, 7) is 3.04. The monoisotopic (exact) mass is 223 g/mol. The van der Waals surface area contributed by atoms with Gasteiger partial charge in [0.1, 0.15) is 11.6 Å². The lowest BCUT2D eigenvalue weighted by atomic mass is 10.3. The van der Waals surface area contributed by atoms with Gasteiger partial charge in [-0.3, -0.25) is 4.79 Å². The zero-order valence-corrected chi connectivity index (χ0v) is 9.29. The predicted octanol–water partition coefficient (Wildman–Crippen LogP) is 0.184. The van der Waals surface area contributed by atoms with Crippen LogP contribution < -0.4 is 22.1 Å². The number of anilines is 3. The lowest BCUT2D eigenvalue weighted by Crippen LogP contribution is -2.24. The Kier molecular flexibility index (Phi) is 4.38. The highest BCUT2D eigenvalue weighted by Gasteiger charge is 2.01. The summed E-state index contributed by atoms with van der Waals surface area (Å²) in [7, 11) is 0. The lowest BCUT2D eigenvalue weighted by molar-refractivity contribution is -0.120. The highest BCUT2D eigenvalue weighted by atomic mass is 16.1. The van der Waals surface area contributed by atoms with Gasteiger partial charge in [0.15, 0.2) is 0 Å². The largest absolute Gasteiger partial charge is 0.396 e. The van der Waals surface area contributed by atoms with Crippen molar-refractivity contribution in [2.75, 3.05) is 29.9 Å². The van der Waals surface area contributed by atoms with Crippen LogP contribution >= 0.6 is 0 Å². The van der Waals surface area contributed by atoms with Gasteiger partial charge < -0.3 is 22.1 Å². The molecular formula is C10H17N5O. The fraction of sp³-hybridized carbons (Fsp3) is 0.400. The lowest BCUT2D eigenvalue weighted by Gasteiger charge is -2.07. The SMILES string of the molecule is CCNC(=O)CCNc1ccc(N)c(N)n1. The third-order valence-electron chi connectivity index (χ3n) is 1.99. The van der Waals surface area contributed by atoms with E-state index in [-0.39, 0.29) is 5.91 Å². The van der Waals surface area contributed by atoms with Crippen LogP contribution in [0.5, 0.6) is 0 Å². The van der Waals surface area contributed by atoms with E-state index in [0.29, 0.717) is 36.8 Å². The molecule has 0 bridgehead atoms. The van der Waals surface area contributed by atoms with Crippen LogP contribution in [-0.4, -0.2) is 24.0 Å². The normalized spacial score (nSPS) is 9.81. The average molecular weight is 223 g/mol. The number of aromatic nitrogens is 1. The Morgan fingerprint density at radius 2 is 2.19 bits per heavy atom. The van der Waals surface area contributed by atoms with Crippen LogP contribution in [0.3, 0.4) is 0 Å². The van der Waals surface area contributed by atoms with Crippen molar-refractivity contribution in [3.8, 4) is 0 Å². The molecule has 6 N–H and O–H groups in total. The van der Waals surface area contributed by atoms with Crippen molar-refractivity contribution in [1.82, 2.24) is 10.3 Å². The molecule has 6 heteroatoms. The molecule has 0 spiro atoms. The molecule has 1 heterocycles. The number of carbonyl (C=O) groups is 1. The molecule has 0 radical (unpaired) electrons. The number of nitrogen functional groups attached to an aromatic ring is 2. The molecule has 1 amide bonds. The number of hydrogen-bond acceptors (Lipinski definition) is 5. The van der Waals surface area contributed by atoms with Gasteiger partial charge in [-0.05, 0) is 19.1 Å². The fourth-order valence-corrected chi connectivity index (χ4v) is 1.17. The van der Waals surface area contributed by atoms with E-state index >= 15 is 0 Å². The van der Waals surface area contributed by atoms with Crippen molar-refractivity contribution in [2.24, 2.45) is 0 Å². The predicted molar refractivity (Wildman–Crippen MR) is 64.9 cm³/mol. The molecule has 0 saturated carbocycles. The van der Waals surface area contributed by atoms with Crippen molar-refractivity contribution >= 4 is 23.2 Å². The van der Waals surface area contributed by atoms with E-state index in [9.17, 15) is 4.79 Å². The summed E-state index contributed by atoms with van der Waals surface area (Å²) in [4.78, 5) is 15.2. The maximum absolute atomic E-state index is 11.1. The van der Waals surface area contributed by atoms with Crippen LogP contribution in [0.1, 0.15) is 13.3 Å². The van der Waals surface area contributed by atoms with E-state index in [0.717, 1.165) is 0 Å².